The number of hydrogen-bond donors (Lipinski definition) is 0. The Morgan fingerprint density at radius 2 is 1.28 bits per heavy atom. The molecule has 0 amide bonds. The summed E-state index contributed by atoms with van der Waals surface area (Å²) in [5, 5.41) is 0. The van der Waals surface area contributed by atoms with Crippen molar-refractivity contribution in [1.82, 2.24) is 0 Å². The first-order chi connectivity index (χ1) is 11.8. The zero-order chi connectivity index (χ0) is 19.2. The third-order valence-electron chi connectivity index (χ3n) is 4.74. The molecule has 3 nitrogen and oxygen atoms in total. The SMILES string of the molecule is CCCCCCCCOC(=O)C(CC(C)C)C(CC(C)C)C(=O)CC. The van der Waals surface area contributed by atoms with Crippen LogP contribution in [0.4, 0.5) is 0 Å². The van der Waals surface area contributed by atoms with Crippen LogP contribution in [-0.2, 0) is 14.3 Å². The Kier molecular flexibility index (Phi) is 13.8. The molecule has 0 fully saturated rings. The van der Waals surface area contributed by atoms with Crippen LogP contribution in [0.25, 0.3) is 0 Å². The first-order valence-electron chi connectivity index (χ1n) is 10.5. The van der Waals surface area contributed by atoms with Crippen molar-refractivity contribution in [3.8, 4) is 0 Å². The average Bonchev–Trinajstić information content (AvgIpc) is 2.55. The molecule has 0 aromatic heterocycles. The molecule has 0 aliphatic rings. The molecule has 25 heavy (non-hydrogen) atoms. The van der Waals surface area contributed by atoms with E-state index in [0.717, 1.165) is 25.7 Å². The zero-order valence-electron chi connectivity index (χ0n) is 17.6. The molecule has 0 spiro atoms. The Labute approximate surface area is 156 Å². The average molecular weight is 355 g/mol. The molecule has 148 valence electrons. The molecular weight excluding hydrogens is 312 g/mol. The van der Waals surface area contributed by atoms with Gasteiger partial charge in [-0.3, -0.25) is 9.59 Å². The van der Waals surface area contributed by atoms with E-state index < -0.39 is 0 Å². The number of ketones is 1. The summed E-state index contributed by atoms with van der Waals surface area (Å²) in [5.41, 5.74) is 0. The van der Waals surface area contributed by atoms with Crippen LogP contribution in [0.3, 0.4) is 0 Å². The lowest BCUT2D eigenvalue weighted by molar-refractivity contribution is -0.154. The van der Waals surface area contributed by atoms with Crippen molar-refractivity contribution in [1.29, 1.82) is 0 Å². The van der Waals surface area contributed by atoms with Crippen molar-refractivity contribution in [2.75, 3.05) is 6.61 Å². The molecule has 0 aromatic rings. The second-order valence-corrected chi connectivity index (χ2v) is 8.23. The van der Waals surface area contributed by atoms with E-state index in [1.807, 2.05) is 6.92 Å². The molecule has 0 aliphatic carbocycles. The van der Waals surface area contributed by atoms with E-state index in [1.54, 1.807) is 0 Å². The van der Waals surface area contributed by atoms with Gasteiger partial charge in [0.1, 0.15) is 5.78 Å². The minimum Gasteiger partial charge on any atom is -0.465 e. The summed E-state index contributed by atoms with van der Waals surface area (Å²) in [5.74, 6) is 0.359. The van der Waals surface area contributed by atoms with Gasteiger partial charge in [-0.05, 0) is 31.1 Å². The predicted octanol–water partition coefficient (Wildman–Crippen LogP) is 6.19. The van der Waals surface area contributed by atoms with Crippen molar-refractivity contribution in [3.63, 3.8) is 0 Å². The van der Waals surface area contributed by atoms with Crippen molar-refractivity contribution in [3.05, 3.63) is 0 Å². The monoisotopic (exact) mass is 354 g/mol. The topological polar surface area (TPSA) is 43.4 Å². The third-order valence-corrected chi connectivity index (χ3v) is 4.74. The molecule has 0 saturated carbocycles. The summed E-state index contributed by atoms with van der Waals surface area (Å²) in [6.07, 6.45) is 9.06. The lowest BCUT2D eigenvalue weighted by Gasteiger charge is -2.27. The minimum atomic E-state index is -0.282. The zero-order valence-corrected chi connectivity index (χ0v) is 17.6. The van der Waals surface area contributed by atoms with Gasteiger partial charge < -0.3 is 4.74 Å². The Hall–Kier alpha value is -0.860. The maximum absolute atomic E-state index is 12.7. The van der Waals surface area contributed by atoms with E-state index in [-0.39, 0.29) is 23.6 Å². The fourth-order valence-corrected chi connectivity index (χ4v) is 3.38. The van der Waals surface area contributed by atoms with Gasteiger partial charge in [0.15, 0.2) is 0 Å². The highest BCUT2D eigenvalue weighted by Gasteiger charge is 2.34. The predicted molar refractivity (Wildman–Crippen MR) is 106 cm³/mol. The summed E-state index contributed by atoms with van der Waals surface area (Å²) >= 11 is 0. The second-order valence-electron chi connectivity index (χ2n) is 8.23. The Bertz CT molecular complexity index is 360. The quantitative estimate of drug-likeness (QED) is 0.260. The van der Waals surface area contributed by atoms with Gasteiger partial charge in [0.25, 0.3) is 0 Å². The number of Topliss-reactive ketones (excluding diaryl/α,β-unsaturated/α-hetero) is 1. The molecule has 2 unspecified atom stereocenters. The molecule has 0 saturated heterocycles. The number of esters is 1. The van der Waals surface area contributed by atoms with Gasteiger partial charge in [-0.1, -0.05) is 73.6 Å². The van der Waals surface area contributed by atoms with Crippen LogP contribution < -0.4 is 0 Å². The standard InChI is InChI=1S/C22H42O3/c1-7-9-10-11-12-13-14-25-22(24)20(16-18(5)6)19(15-17(3)4)21(23)8-2/h17-20H,7-16H2,1-6H3. The highest BCUT2D eigenvalue weighted by molar-refractivity contribution is 5.86. The van der Waals surface area contributed by atoms with E-state index >= 15 is 0 Å². The van der Waals surface area contributed by atoms with Gasteiger partial charge in [0, 0.05) is 12.3 Å². The van der Waals surface area contributed by atoms with Crippen LogP contribution in [0.2, 0.25) is 0 Å². The van der Waals surface area contributed by atoms with Crippen molar-refractivity contribution in [2.24, 2.45) is 23.7 Å². The van der Waals surface area contributed by atoms with Crippen LogP contribution in [0.1, 0.15) is 99.3 Å². The molecule has 3 heteroatoms. The lowest BCUT2D eigenvalue weighted by atomic mass is 9.78. The first-order valence-corrected chi connectivity index (χ1v) is 10.5. The maximum Gasteiger partial charge on any atom is 0.309 e. The smallest absolute Gasteiger partial charge is 0.309 e. The van der Waals surface area contributed by atoms with Crippen LogP contribution in [0.15, 0.2) is 0 Å². The fraction of sp³-hybridized carbons (Fsp3) is 0.909. The highest BCUT2D eigenvalue weighted by Crippen LogP contribution is 2.29. The summed E-state index contributed by atoms with van der Waals surface area (Å²) in [4.78, 5) is 25.1. The summed E-state index contributed by atoms with van der Waals surface area (Å²) in [6, 6.07) is 0. The Balaban J connectivity index is 4.64. The largest absolute Gasteiger partial charge is 0.465 e. The number of carbonyl (C=O) groups excluding carboxylic acids is 2. The van der Waals surface area contributed by atoms with Gasteiger partial charge in [-0.15, -0.1) is 0 Å². The second kappa shape index (κ2) is 14.3. The number of hydrogen-bond acceptors (Lipinski definition) is 3. The molecule has 0 aromatic carbocycles. The van der Waals surface area contributed by atoms with Crippen LogP contribution >= 0.6 is 0 Å². The molecule has 0 rings (SSSR count). The molecular formula is C22H42O3. The van der Waals surface area contributed by atoms with E-state index in [2.05, 4.69) is 34.6 Å². The van der Waals surface area contributed by atoms with Crippen molar-refractivity contribution in [2.45, 2.75) is 99.3 Å². The Morgan fingerprint density at radius 3 is 1.80 bits per heavy atom. The van der Waals surface area contributed by atoms with Gasteiger partial charge in [0.2, 0.25) is 0 Å². The summed E-state index contributed by atoms with van der Waals surface area (Å²) in [7, 11) is 0. The number of rotatable bonds is 15. The molecule has 0 radical (unpaired) electrons. The van der Waals surface area contributed by atoms with E-state index in [4.69, 9.17) is 4.74 Å². The molecule has 0 bridgehead atoms. The molecule has 0 N–H and O–H groups in total. The molecule has 0 aliphatic heterocycles. The fourth-order valence-electron chi connectivity index (χ4n) is 3.38. The van der Waals surface area contributed by atoms with Crippen molar-refractivity contribution < 1.29 is 14.3 Å². The molecule has 2 atom stereocenters. The Morgan fingerprint density at radius 1 is 0.760 bits per heavy atom. The maximum atomic E-state index is 12.7. The number of ether oxygens (including phenoxy) is 1. The highest BCUT2D eigenvalue weighted by atomic mass is 16.5. The number of carbonyl (C=O) groups is 2. The van der Waals surface area contributed by atoms with Crippen LogP contribution in [-0.4, -0.2) is 18.4 Å². The summed E-state index contributed by atoms with van der Waals surface area (Å²) < 4.78 is 5.58. The number of unbranched alkanes of at least 4 members (excludes halogenated alkanes) is 5. The molecule has 0 heterocycles. The summed E-state index contributed by atoms with van der Waals surface area (Å²) in [6.45, 7) is 13.0. The van der Waals surface area contributed by atoms with Crippen molar-refractivity contribution >= 4 is 11.8 Å². The van der Waals surface area contributed by atoms with Gasteiger partial charge >= 0.3 is 5.97 Å². The van der Waals surface area contributed by atoms with Gasteiger partial charge in [0.05, 0.1) is 12.5 Å². The van der Waals surface area contributed by atoms with Gasteiger partial charge in [-0.2, -0.15) is 0 Å². The van der Waals surface area contributed by atoms with E-state index in [0.29, 0.717) is 24.9 Å². The lowest BCUT2D eigenvalue weighted by Crippen LogP contribution is -2.33. The van der Waals surface area contributed by atoms with E-state index in [1.165, 1.54) is 25.7 Å². The minimum absolute atomic E-state index is 0.158. The van der Waals surface area contributed by atoms with Gasteiger partial charge in [-0.25, -0.2) is 0 Å². The van der Waals surface area contributed by atoms with Crippen LogP contribution in [0, 0.1) is 23.7 Å². The van der Waals surface area contributed by atoms with E-state index in [9.17, 15) is 9.59 Å². The van der Waals surface area contributed by atoms with Crippen LogP contribution in [0.5, 0.6) is 0 Å². The first kappa shape index (κ1) is 24.1. The normalized spacial score (nSPS) is 13.9. The third kappa shape index (κ3) is 11.4.